The van der Waals surface area contributed by atoms with Crippen molar-refractivity contribution >= 4 is 27.8 Å². The van der Waals surface area contributed by atoms with Crippen LogP contribution in [0.3, 0.4) is 0 Å². The molecule has 0 spiro atoms. The first-order valence-corrected chi connectivity index (χ1v) is 4.01. The molecular weight excluding hydrogens is 204 g/mol. The highest BCUT2D eigenvalue weighted by atomic mass is 79.9. The molecule has 0 atom stereocenters. The highest BCUT2D eigenvalue weighted by Crippen LogP contribution is 2.23. The number of nitrogens with one attached hydrogen (secondary N) is 1. The number of hydrogen-bond acceptors (Lipinski definition) is 2. The molecular formula is C8H9BrN2. The molecule has 0 saturated heterocycles. The minimum absolute atomic E-state index is 0.675. The Labute approximate surface area is 74.1 Å². The van der Waals surface area contributed by atoms with E-state index < -0.39 is 0 Å². The Morgan fingerprint density at radius 1 is 1.55 bits per heavy atom. The molecule has 1 rings (SSSR count). The summed E-state index contributed by atoms with van der Waals surface area (Å²) in [5.74, 6) is 0. The van der Waals surface area contributed by atoms with E-state index in [9.17, 15) is 0 Å². The lowest BCUT2D eigenvalue weighted by Crippen LogP contribution is -1.96. The van der Waals surface area contributed by atoms with Gasteiger partial charge < -0.3 is 11.1 Å². The summed E-state index contributed by atoms with van der Waals surface area (Å²) >= 11 is 3.31. The second-order valence-corrected chi connectivity index (χ2v) is 3.19. The Morgan fingerprint density at radius 2 is 2.18 bits per heavy atom. The van der Waals surface area contributed by atoms with Crippen molar-refractivity contribution in [1.82, 2.24) is 0 Å². The summed E-state index contributed by atoms with van der Waals surface area (Å²) in [5.41, 5.74) is 8.15. The van der Waals surface area contributed by atoms with Crippen LogP contribution in [-0.2, 0) is 0 Å². The molecule has 0 heterocycles. The molecule has 0 bridgehead atoms. The minimum Gasteiger partial charge on any atom is -0.398 e. The van der Waals surface area contributed by atoms with Gasteiger partial charge in [0.2, 0.25) is 0 Å². The van der Waals surface area contributed by atoms with E-state index in [-0.39, 0.29) is 0 Å². The Morgan fingerprint density at radius 3 is 2.64 bits per heavy atom. The third-order valence-electron chi connectivity index (χ3n) is 1.60. The molecule has 0 aromatic heterocycles. The molecule has 3 heteroatoms. The molecule has 11 heavy (non-hydrogen) atoms. The fourth-order valence-corrected chi connectivity index (χ4v) is 1.33. The number of benzene rings is 1. The van der Waals surface area contributed by atoms with Crippen molar-refractivity contribution in [2.24, 2.45) is 0 Å². The van der Waals surface area contributed by atoms with Crippen molar-refractivity contribution in [3.05, 3.63) is 27.7 Å². The number of anilines is 1. The first-order chi connectivity index (χ1) is 5.16. The molecule has 1 aromatic rings. The maximum Gasteiger partial charge on any atom is 0.0444 e. The largest absolute Gasteiger partial charge is 0.398 e. The third kappa shape index (κ3) is 1.43. The van der Waals surface area contributed by atoms with Crippen LogP contribution in [0.4, 0.5) is 5.69 Å². The summed E-state index contributed by atoms with van der Waals surface area (Å²) in [4.78, 5) is 0. The van der Waals surface area contributed by atoms with Gasteiger partial charge >= 0.3 is 0 Å². The van der Waals surface area contributed by atoms with Crippen molar-refractivity contribution < 1.29 is 0 Å². The predicted octanol–water partition coefficient (Wildman–Crippen LogP) is 2.34. The molecule has 2 nitrogen and oxygen atoms in total. The molecule has 0 aliphatic rings. The fraction of sp³-hybridized carbons (Fsp3) is 0.125. The molecule has 0 unspecified atom stereocenters. The number of hydrogen-bond donors (Lipinski definition) is 2. The van der Waals surface area contributed by atoms with Gasteiger partial charge in [-0.25, -0.2) is 0 Å². The molecule has 0 aliphatic carbocycles. The van der Waals surface area contributed by atoms with E-state index in [4.69, 9.17) is 11.1 Å². The SMILES string of the molecule is Cc1ccc(Br)c(C=N)c1N. The molecule has 3 N–H and O–H groups in total. The first kappa shape index (κ1) is 8.27. The Kier molecular flexibility index (Phi) is 2.29. The highest BCUT2D eigenvalue weighted by molar-refractivity contribution is 9.10. The summed E-state index contributed by atoms with van der Waals surface area (Å²) in [6.45, 7) is 1.93. The van der Waals surface area contributed by atoms with Gasteiger partial charge in [0.05, 0.1) is 0 Å². The van der Waals surface area contributed by atoms with Gasteiger partial charge in [-0.05, 0) is 18.6 Å². The van der Waals surface area contributed by atoms with E-state index in [1.807, 2.05) is 19.1 Å². The number of aryl methyl sites for hydroxylation is 1. The van der Waals surface area contributed by atoms with Crippen molar-refractivity contribution in [1.29, 1.82) is 5.41 Å². The van der Waals surface area contributed by atoms with Crippen molar-refractivity contribution in [3.8, 4) is 0 Å². The van der Waals surface area contributed by atoms with Crippen LogP contribution >= 0.6 is 15.9 Å². The molecule has 0 fully saturated rings. The lowest BCUT2D eigenvalue weighted by atomic mass is 10.1. The monoisotopic (exact) mass is 212 g/mol. The summed E-state index contributed by atoms with van der Waals surface area (Å²) in [6.07, 6.45) is 1.26. The van der Waals surface area contributed by atoms with Crippen molar-refractivity contribution in [2.45, 2.75) is 6.92 Å². The van der Waals surface area contributed by atoms with Crippen LogP contribution in [0, 0.1) is 12.3 Å². The first-order valence-electron chi connectivity index (χ1n) is 3.22. The number of nitrogens with two attached hydrogens (primary N) is 1. The average molecular weight is 213 g/mol. The number of halogens is 1. The Balaban J connectivity index is 3.40. The van der Waals surface area contributed by atoms with Gasteiger partial charge in [-0.15, -0.1) is 0 Å². The molecule has 0 amide bonds. The zero-order chi connectivity index (χ0) is 8.43. The lowest BCUT2D eigenvalue weighted by Gasteiger charge is -2.04. The Hall–Kier alpha value is -0.830. The van der Waals surface area contributed by atoms with Crippen LogP contribution in [0.1, 0.15) is 11.1 Å². The second-order valence-electron chi connectivity index (χ2n) is 2.34. The van der Waals surface area contributed by atoms with Crippen molar-refractivity contribution in [3.63, 3.8) is 0 Å². The summed E-state index contributed by atoms with van der Waals surface area (Å²) in [7, 11) is 0. The summed E-state index contributed by atoms with van der Waals surface area (Å²) in [5, 5.41) is 7.09. The van der Waals surface area contributed by atoms with Crippen LogP contribution in [0.2, 0.25) is 0 Å². The van der Waals surface area contributed by atoms with Gasteiger partial charge in [0.25, 0.3) is 0 Å². The van der Waals surface area contributed by atoms with E-state index in [1.165, 1.54) is 6.21 Å². The van der Waals surface area contributed by atoms with Gasteiger partial charge in [-0.3, -0.25) is 0 Å². The second kappa shape index (κ2) is 3.05. The van der Waals surface area contributed by atoms with Gasteiger partial charge in [0.15, 0.2) is 0 Å². The molecule has 0 aliphatic heterocycles. The Bertz CT molecular complexity index is 294. The van der Waals surface area contributed by atoms with E-state index in [0.29, 0.717) is 5.69 Å². The normalized spacial score (nSPS) is 9.64. The van der Waals surface area contributed by atoms with Crippen LogP contribution in [0.25, 0.3) is 0 Å². The van der Waals surface area contributed by atoms with Crippen LogP contribution in [0.15, 0.2) is 16.6 Å². The molecule has 1 aromatic carbocycles. The summed E-state index contributed by atoms with van der Waals surface area (Å²) in [6, 6.07) is 3.82. The van der Waals surface area contributed by atoms with Gasteiger partial charge in [0.1, 0.15) is 0 Å². The van der Waals surface area contributed by atoms with E-state index in [1.54, 1.807) is 0 Å². The van der Waals surface area contributed by atoms with Crippen LogP contribution < -0.4 is 5.73 Å². The maximum absolute atomic E-state index is 7.09. The van der Waals surface area contributed by atoms with Gasteiger partial charge in [-0.1, -0.05) is 22.0 Å². The topological polar surface area (TPSA) is 49.9 Å². The zero-order valence-electron chi connectivity index (χ0n) is 6.19. The van der Waals surface area contributed by atoms with Crippen molar-refractivity contribution in [2.75, 3.05) is 5.73 Å². The standard InChI is InChI=1S/C8H9BrN2/c1-5-2-3-7(9)6(4-10)8(5)11/h2-4,10H,11H2,1H3. The fourth-order valence-electron chi connectivity index (χ4n) is 0.865. The maximum atomic E-state index is 7.09. The quantitative estimate of drug-likeness (QED) is 0.545. The average Bonchev–Trinajstić information content (AvgIpc) is 1.99. The highest BCUT2D eigenvalue weighted by Gasteiger charge is 2.02. The third-order valence-corrected chi connectivity index (χ3v) is 2.29. The van der Waals surface area contributed by atoms with Gasteiger partial charge in [-0.2, -0.15) is 0 Å². The van der Waals surface area contributed by atoms with Crippen LogP contribution in [0.5, 0.6) is 0 Å². The smallest absolute Gasteiger partial charge is 0.0444 e. The molecule has 58 valence electrons. The lowest BCUT2D eigenvalue weighted by molar-refractivity contribution is 1.43. The summed E-state index contributed by atoms with van der Waals surface area (Å²) < 4.78 is 0.871. The zero-order valence-corrected chi connectivity index (χ0v) is 7.77. The number of rotatable bonds is 1. The van der Waals surface area contributed by atoms with Crippen LogP contribution in [-0.4, -0.2) is 6.21 Å². The minimum atomic E-state index is 0.675. The molecule has 0 saturated carbocycles. The van der Waals surface area contributed by atoms with E-state index in [2.05, 4.69) is 15.9 Å². The number of nitrogen functional groups attached to an aromatic ring is 1. The molecule has 0 radical (unpaired) electrons. The predicted molar refractivity (Wildman–Crippen MR) is 51.2 cm³/mol. The van der Waals surface area contributed by atoms with E-state index in [0.717, 1.165) is 15.6 Å². The van der Waals surface area contributed by atoms with Gasteiger partial charge in [0, 0.05) is 21.9 Å². The van der Waals surface area contributed by atoms with E-state index >= 15 is 0 Å².